The fraction of sp³-hybridized carbons (Fsp3) is 0.476. The molecule has 2 aliphatic rings. The number of aliphatic carboxylic acids is 1. The number of hydrogen-bond acceptors (Lipinski definition) is 6. The van der Waals surface area contributed by atoms with Crippen LogP contribution in [-0.4, -0.2) is 76.3 Å². The average Bonchev–Trinajstić information content (AvgIpc) is 3.29. The maximum atomic E-state index is 12.4. The number of hydrogen-bond donors (Lipinski definition) is 1. The smallest absolute Gasteiger partial charge is 0.475 e. The zero-order valence-corrected chi connectivity index (χ0v) is 17.3. The predicted octanol–water partition coefficient (Wildman–Crippen LogP) is 2.82. The lowest BCUT2D eigenvalue weighted by Crippen LogP contribution is -2.57. The Morgan fingerprint density at radius 1 is 1.16 bits per heavy atom. The third-order valence-electron chi connectivity index (χ3n) is 5.39. The summed E-state index contributed by atoms with van der Waals surface area (Å²) in [4.78, 5) is 29.8. The molecular weight excluding hydrogens is 431 g/mol. The number of carboxylic acid groups (broad SMARTS) is 1. The summed E-state index contributed by atoms with van der Waals surface area (Å²) in [7, 11) is 0. The van der Waals surface area contributed by atoms with Gasteiger partial charge in [0, 0.05) is 45.1 Å². The quantitative estimate of drug-likeness (QED) is 0.760. The Hall–Kier alpha value is -2.92. The maximum Gasteiger partial charge on any atom is 0.490 e. The second-order valence-electron chi connectivity index (χ2n) is 7.68. The molecule has 2 saturated heterocycles. The number of morpholine rings is 1. The SMILES string of the molecule is O=C(O)C(F)(F)F.O=C(c1ccco1)N1CCC2(CC1)CN(Cc1cccnc1)CCO2. The molecule has 0 unspecified atom stereocenters. The number of rotatable bonds is 3. The van der Waals surface area contributed by atoms with Crippen molar-refractivity contribution in [1.29, 1.82) is 0 Å². The molecule has 32 heavy (non-hydrogen) atoms. The number of aromatic nitrogens is 1. The van der Waals surface area contributed by atoms with E-state index in [1.807, 2.05) is 17.2 Å². The van der Waals surface area contributed by atoms with Gasteiger partial charge in [-0.25, -0.2) is 4.79 Å². The van der Waals surface area contributed by atoms with Gasteiger partial charge in [-0.3, -0.25) is 14.7 Å². The number of carbonyl (C=O) groups is 2. The highest BCUT2D eigenvalue weighted by Gasteiger charge is 2.41. The van der Waals surface area contributed by atoms with E-state index in [0.717, 1.165) is 39.1 Å². The van der Waals surface area contributed by atoms with E-state index in [9.17, 15) is 18.0 Å². The van der Waals surface area contributed by atoms with Gasteiger partial charge in [0.15, 0.2) is 5.76 Å². The highest BCUT2D eigenvalue weighted by molar-refractivity contribution is 5.91. The second kappa shape index (κ2) is 10.1. The molecule has 4 rings (SSSR count). The van der Waals surface area contributed by atoms with Crippen LogP contribution in [0.1, 0.15) is 29.0 Å². The second-order valence-corrected chi connectivity index (χ2v) is 7.68. The van der Waals surface area contributed by atoms with Crippen molar-refractivity contribution in [1.82, 2.24) is 14.8 Å². The lowest BCUT2D eigenvalue weighted by Gasteiger charge is -2.47. The number of pyridine rings is 1. The van der Waals surface area contributed by atoms with Crippen molar-refractivity contribution in [3.05, 3.63) is 54.2 Å². The molecule has 2 aliphatic heterocycles. The molecule has 11 heteroatoms. The Labute approximate surface area is 182 Å². The molecule has 0 bridgehead atoms. The van der Waals surface area contributed by atoms with Crippen LogP contribution in [0.2, 0.25) is 0 Å². The largest absolute Gasteiger partial charge is 0.490 e. The lowest BCUT2D eigenvalue weighted by atomic mass is 9.89. The summed E-state index contributed by atoms with van der Waals surface area (Å²) in [5.41, 5.74) is 1.09. The van der Waals surface area contributed by atoms with E-state index in [2.05, 4.69) is 16.0 Å². The molecule has 1 amide bonds. The first kappa shape index (κ1) is 23.7. The fourth-order valence-corrected chi connectivity index (χ4v) is 3.78. The van der Waals surface area contributed by atoms with Gasteiger partial charge in [-0.2, -0.15) is 13.2 Å². The first-order valence-electron chi connectivity index (χ1n) is 10.1. The zero-order valence-electron chi connectivity index (χ0n) is 17.3. The molecule has 0 saturated carbocycles. The summed E-state index contributed by atoms with van der Waals surface area (Å²) in [6, 6.07) is 7.56. The molecule has 0 aromatic carbocycles. The van der Waals surface area contributed by atoms with Crippen molar-refractivity contribution in [2.75, 3.05) is 32.8 Å². The van der Waals surface area contributed by atoms with Crippen molar-refractivity contribution < 1.29 is 37.0 Å². The molecule has 4 heterocycles. The van der Waals surface area contributed by atoms with Gasteiger partial charge < -0.3 is 19.2 Å². The lowest BCUT2D eigenvalue weighted by molar-refractivity contribution is -0.192. The Bertz CT molecular complexity index is 882. The van der Waals surface area contributed by atoms with Crippen molar-refractivity contribution in [2.45, 2.75) is 31.2 Å². The van der Waals surface area contributed by atoms with Gasteiger partial charge in [0.05, 0.1) is 18.5 Å². The molecule has 0 atom stereocenters. The van der Waals surface area contributed by atoms with Crippen molar-refractivity contribution in [3.8, 4) is 0 Å². The van der Waals surface area contributed by atoms with Crippen LogP contribution in [0.3, 0.4) is 0 Å². The van der Waals surface area contributed by atoms with Crippen LogP contribution in [-0.2, 0) is 16.1 Å². The Balaban J connectivity index is 0.000000360. The summed E-state index contributed by atoms with van der Waals surface area (Å²) in [6.45, 7) is 4.90. The van der Waals surface area contributed by atoms with Gasteiger partial charge in [0.2, 0.25) is 0 Å². The standard InChI is InChI=1S/C19H23N3O3.C2HF3O2/c23-18(17-4-2-11-24-17)22-8-5-19(6-9-22)15-21(10-12-25-19)14-16-3-1-7-20-13-16;3-2(4,5)1(6)7/h1-4,7,11,13H,5-6,8-10,12,14-15H2;(H,6,7). The number of amides is 1. The van der Waals surface area contributed by atoms with E-state index in [0.29, 0.717) is 18.8 Å². The number of carbonyl (C=O) groups excluding carboxylic acids is 1. The molecular formula is C21H24F3N3O5. The minimum atomic E-state index is -5.08. The highest BCUT2D eigenvalue weighted by atomic mass is 19.4. The molecule has 0 aliphatic carbocycles. The van der Waals surface area contributed by atoms with Crippen LogP contribution in [0.25, 0.3) is 0 Å². The van der Waals surface area contributed by atoms with Crippen LogP contribution < -0.4 is 0 Å². The molecule has 2 aromatic rings. The van der Waals surface area contributed by atoms with Gasteiger partial charge >= 0.3 is 12.1 Å². The van der Waals surface area contributed by atoms with Crippen LogP contribution >= 0.6 is 0 Å². The van der Waals surface area contributed by atoms with Gasteiger partial charge in [-0.05, 0) is 36.6 Å². The van der Waals surface area contributed by atoms with E-state index in [1.165, 1.54) is 5.56 Å². The summed E-state index contributed by atoms with van der Waals surface area (Å²) in [6.07, 6.45) is 1.91. The predicted molar refractivity (Wildman–Crippen MR) is 106 cm³/mol. The van der Waals surface area contributed by atoms with E-state index >= 15 is 0 Å². The summed E-state index contributed by atoms with van der Waals surface area (Å²) < 4.78 is 43.1. The van der Waals surface area contributed by atoms with Crippen molar-refractivity contribution in [2.24, 2.45) is 0 Å². The topological polar surface area (TPSA) is 96.1 Å². The highest BCUT2D eigenvalue weighted by Crippen LogP contribution is 2.31. The van der Waals surface area contributed by atoms with Crippen LogP contribution in [0, 0.1) is 0 Å². The molecule has 1 spiro atoms. The van der Waals surface area contributed by atoms with E-state index in [4.69, 9.17) is 19.1 Å². The summed E-state index contributed by atoms with van der Waals surface area (Å²) in [5, 5.41) is 7.12. The summed E-state index contributed by atoms with van der Waals surface area (Å²) >= 11 is 0. The normalized spacial score (nSPS) is 18.7. The molecule has 2 fully saturated rings. The molecule has 174 valence electrons. The molecule has 8 nitrogen and oxygen atoms in total. The number of piperidine rings is 1. The molecule has 2 aromatic heterocycles. The van der Waals surface area contributed by atoms with E-state index in [-0.39, 0.29) is 11.5 Å². The van der Waals surface area contributed by atoms with Crippen LogP contribution in [0.5, 0.6) is 0 Å². The first-order valence-corrected chi connectivity index (χ1v) is 10.1. The third kappa shape index (κ3) is 6.30. The van der Waals surface area contributed by atoms with E-state index < -0.39 is 12.1 Å². The van der Waals surface area contributed by atoms with Gasteiger partial charge in [-0.15, -0.1) is 0 Å². The Morgan fingerprint density at radius 3 is 2.44 bits per heavy atom. The minimum Gasteiger partial charge on any atom is -0.475 e. The molecule has 0 radical (unpaired) electrons. The van der Waals surface area contributed by atoms with E-state index in [1.54, 1.807) is 24.6 Å². The average molecular weight is 455 g/mol. The van der Waals surface area contributed by atoms with Crippen molar-refractivity contribution >= 4 is 11.9 Å². The van der Waals surface area contributed by atoms with Crippen LogP contribution in [0.15, 0.2) is 47.3 Å². The van der Waals surface area contributed by atoms with Gasteiger partial charge in [0.25, 0.3) is 5.91 Å². The Morgan fingerprint density at radius 2 is 1.88 bits per heavy atom. The number of furan rings is 1. The number of carboxylic acids is 1. The minimum absolute atomic E-state index is 0.0251. The van der Waals surface area contributed by atoms with Crippen molar-refractivity contribution in [3.63, 3.8) is 0 Å². The van der Waals surface area contributed by atoms with Crippen LogP contribution in [0.4, 0.5) is 13.2 Å². The van der Waals surface area contributed by atoms with Gasteiger partial charge in [0.1, 0.15) is 0 Å². The third-order valence-corrected chi connectivity index (χ3v) is 5.39. The zero-order chi connectivity index (χ0) is 23.2. The number of ether oxygens (including phenoxy) is 1. The monoisotopic (exact) mass is 455 g/mol. The summed E-state index contributed by atoms with van der Waals surface area (Å²) in [5.74, 6) is -2.37. The number of halogens is 3. The number of alkyl halides is 3. The Kier molecular flexibility index (Phi) is 7.52. The number of likely N-dealkylation sites (tertiary alicyclic amines) is 1. The first-order chi connectivity index (χ1) is 15.2. The fourth-order valence-electron chi connectivity index (χ4n) is 3.78. The maximum absolute atomic E-state index is 12.4. The van der Waals surface area contributed by atoms with Gasteiger partial charge in [-0.1, -0.05) is 6.07 Å². The molecule has 1 N–H and O–H groups in total. The number of nitrogens with zero attached hydrogens (tertiary/aromatic N) is 3.